The van der Waals surface area contributed by atoms with Gasteiger partial charge in [0.1, 0.15) is 0 Å². The van der Waals surface area contributed by atoms with Crippen LogP contribution < -0.4 is 5.01 Å². The van der Waals surface area contributed by atoms with E-state index in [-0.39, 0.29) is 10.6 Å². The first-order valence-electron chi connectivity index (χ1n) is 8.41. The lowest BCUT2D eigenvalue weighted by Crippen LogP contribution is -2.36. The van der Waals surface area contributed by atoms with Gasteiger partial charge in [0.25, 0.3) is 5.69 Å². The van der Waals surface area contributed by atoms with Crippen molar-refractivity contribution in [1.82, 2.24) is 0 Å². The van der Waals surface area contributed by atoms with Gasteiger partial charge in [-0.1, -0.05) is 43.2 Å². The second-order valence-electron chi connectivity index (χ2n) is 6.43. The van der Waals surface area contributed by atoms with Gasteiger partial charge < -0.3 is 0 Å². The SMILES string of the molecule is O=[N+]([O-])c1ccc(N2N=C(c3ccccc3)[C@@H]3CCCC[C@H]32)cc1. The second kappa shape index (κ2) is 6.07. The molecule has 2 aliphatic rings. The van der Waals surface area contributed by atoms with Crippen molar-refractivity contribution in [2.24, 2.45) is 11.0 Å². The number of hydrogen-bond acceptors (Lipinski definition) is 4. The maximum atomic E-state index is 10.9. The number of fused-ring (bicyclic) bond motifs is 1. The summed E-state index contributed by atoms with van der Waals surface area (Å²) in [5.41, 5.74) is 3.38. The van der Waals surface area contributed by atoms with Gasteiger partial charge in [-0.3, -0.25) is 15.1 Å². The van der Waals surface area contributed by atoms with Crippen LogP contribution in [-0.4, -0.2) is 16.7 Å². The van der Waals surface area contributed by atoms with E-state index in [4.69, 9.17) is 5.10 Å². The Morgan fingerprint density at radius 2 is 1.71 bits per heavy atom. The first-order valence-corrected chi connectivity index (χ1v) is 8.41. The fourth-order valence-corrected chi connectivity index (χ4v) is 3.84. The highest BCUT2D eigenvalue weighted by atomic mass is 16.6. The third-order valence-electron chi connectivity index (χ3n) is 5.00. The molecule has 1 aliphatic carbocycles. The standard InChI is InChI=1S/C19H19N3O2/c23-22(24)16-12-10-15(11-13-16)21-18-9-5-4-8-17(18)19(20-21)14-6-2-1-3-7-14/h1-3,6-7,10-13,17-18H,4-5,8-9H2/t17-,18-/m1/s1. The highest BCUT2D eigenvalue weighted by Gasteiger charge is 2.39. The highest BCUT2D eigenvalue weighted by Crippen LogP contribution is 2.39. The molecule has 4 rings (SSSR count). The summed E-state index contributed by atoms with van der Waals surface area (Å²) in [5.74, 6) is 0.441. The largest absolute Gasteiger partial charge is 0.269 e. The van der Waals surface area contributed by atoms with Crippen LogP contribution in [-0.2, 0) is 0 Å². The smallest absolute Gasteiger partial charge is 0.262 e. The van der Waals surface area contributed by atoms with Crippen LogP contribution >= 0.6 is 0 Å². The molecule has 0 amide bonds. The number of hydrazone groups is 1. The van der Waals surface area contributed by atoms with Crippen LogP contribution in [0.25, 0.3) is 0 Å². The van der Waals surface area contributed by atoms with Crippen molar-refractivity contribution in [3.8, 4) is 0 Å². The van der Waals surface area contributed by atoms with Crippen LogP contribution in [0, 0.1) is 16.0 Å². The van der Waals surface area contributed by atoms with E-state index >= 15 is 0 Å². The van der Waals surface area contributed by atoms with E-state index in [1.165, 1.54) is 18.4 Å². The van der Waals surface area contributed by atoms with E-state index in [0.717, 1.165) is 24.2 Å². The number of benzene rings is 2. The number of nitro groups is 1. The molecule has 0 aromatic heterocycles. The molecule has 0 spiro atoms. The first kappa shape index (κ1) is 14.9. The van der Waals surface area contributed by atoms with Gasteiger partial charge in [0.15, 0.2) is 0 Å². The summed E-state index contributed by atoms with van der Waals surface area (Å²) in [4.78, 5) is 10.5. The van der Waals surface area contributed by atoms with Gasteiger partial charge >= 0.3 is 0 Å². The van der Waals surface area contributed by atoms with Gasteiger partial charge in [-0.05, 0) is 30.5 Å². The second-order valence-corrected chi connectivity index (χ2v) is 6.43. The van der Waals surface area contributed by atoms with Gasteiger partial charge in [-0.15, -0.1) is 0 Å². The quantitative estimate of drug-likeness (QED) is 0.622. The summed E-state index contributed by atoms with van der Waals surface area (Å²) in [6.07, 6.45) is 4.72. The van der Waals surface area contributed by atoms with Crippen LogP contribution in [0.4, 0.5) is 11.4 Å². The first-order chi connectivity index (χ1) is 11.7. The molecule has 1 saturated carbocycles. The average Bonchev–Trinajstić information content (AvgIpc) is 3.02. The Hall–Kier alpha value is -2.69. The molecule has 0 N–H and O–H groups in total. The summed E-state index contributed by atoms with van der Waals surface area (Å²) < 4.78 is 0. The lowest BCUT2D eigenvalue weighted by Gasteiger charge is -2.31. The topological polar surface area (TPSA) is 58.7 Å². The molecule has 1 fully saturated rings. The Morgan fingerprint density at radius 1 is 1.00 bits per heavy atom. The predicted octanol–water partition coefficient (Wildman–Crippen LogP) is 4.38. The van der Waals surface area contributed by atoms with Crippen LogP contribution in [0.1, 0.15) is 31.2 Å². The van der Waals surface area contributed by atoms with Crippen molar-refractivity contribution in [3.63, 3.8) is 0 Å². The summed E-state index contributed by atoms with van der Waals surface area (Å²) in [6.45, 7) is 0. The predicted molar refractivity (Wildman–Crippen MR) is 94.3 cm³/mol. The van der Waals surface area contributed by atoms with Crippen LogP contribution in [0.5, 0.6) is 0 Å². The van der Waals surface area contributed by atoms with E-state index in [0.29, 0.717) is 12.0 Å². The molecule has 0 saturated heterocycles. The van der Waals surface area contributed by atoms with Crippen molar-refractivity contribution in [2.75, 3.05) is 5.01 Å². The number of nitro benzene ring substituents is 1. The Kier molecular flexibility index (Phi) is 3.76. The number of anilines is 1. The molecule has 0 radical (unpaired) electrons. The van der Waals surface area contributed by atoms with Crippen LogP contribution in [0.15, 0.2) is 59.7 Å². The maximum absolute atomic E-state index is 10.9. The molecule has 0 unspecified atom stereocenters. The van der Waals surface area contributed by atoms with E-state index in [1.54, 1.807) is 24.3 Å². The molecule has 2 atom stereocenters. The van der Waals surface area contributed by atoms with Gasteiger partial charge in [0.2, 0.25) is 0 Å². The van der Waals surface area contributed by atoms with Gasteiger partial charge in [0.05, 0.1) is 22.4 Å². The lowest BCUT2D eigenvalue weighted by molar-refractivity contribution is -0.384. The Balaban J connectivity index is 1.71. The summed E-state index contributed by atoms with van der Waals surface area (Å²) >= 11 is 0. The summed E-state index contributed by atoms with van der Waals surface area (Å²) in [6, 6.07) is 17.4. The molecule has 2 aromatic rings. The summed E-state index contributed by atoms with van der Waals surface area (Å²) in [5, 5.41) is 17.9. The minimum Gasteiger partial charge on any atom is -0.262 e. The minimum atomic E-state index is -0.365. The van der Waals surface area contributed by atoms with Crippen LogP contribution in [0.2, 0.25) is 0 Å². The minimum absolute atomic E-state index is 0.116. The Labute approximate surface area is 140 Å². The van der Waals surface area contributed by atoms with E-state index in [2.05, 4.69) is 17.1 Å². The molecule has 5 nitrogen and oxygen atoms in total. The molecule has 5 heteroatoms. The van der Waals surface area contributed by atoms with Gasteiger partial charge in [0, 0.05) is 18.1 Å². The van der Waals surface area contributed by atoms with Gasteiger partial charge in [-0.25, -0.2) is 0 Å². The highest BCUT2D eigenvalue weighted by molar-refractivity contribution is 6.05. The molecular formula is C19H19N3O2. The normalized spacial score (nSPS) is 22.8. The van der Waals surface area contributed by atoms with Crippen molar-refractivity contribution in [3.05, 3.63) is 70.3 Å². The van der Waals surface area contributed by atoms with Crippen molar-refractivity contribution in [1.29, 1.82) is 0 Å². The molecule has 0 bridgehead atoms. The summed E-state index contributed by atoms with van der Waals surface area (Å²) in [7, 11) is 0. The van der Waals surface area contributed by atoms with Crippen molar-refractivity contribution in [2.45, 2.75) is 31.7 Å². The molecule has 1 aliphatic heterocycles. The van der Waals surface area contributed by atoms with Crippen LogP contribution in [0.3, 0.4) is 0 Å². The molecule has 2 aromatic carbocycles. The Morgan fingerprint density at radius 3 is 2.42 bits per heavy atom. The van der Waals surface area contributed by atoms with E-state index in [9.17, 15) is 10.1 Å². The number of hydrogen-bond donors (Lipinski definition) is 0. The fraction of sp³-hybridized carbons (Fsp3) is 0.316. The molecular weight excluding hydrogens is 302 g/mol. The average molecular weight is 321 g/mol. The van der Waals surface area contributed by atoms with Crippen molar-refractivity contribution >= 4 is 17.1 Å². The van der Waals surface area contributed by atoms with E-state index in [1.807, 2.05) is 18.2 Å². The molecule has 24 heavy (non-hydrogen) atoms. The number of non-ortho nitro benzene ring substituents is 1. The van der Waals surface area contributed by atoms with Gasteiger partial charge in [-0.2, -0.15) is 5.10 Å². The third-order valence-corrected chi connectivity index (χ3v) is 5.00. The zero-order chi connectivity index (χ0) is 16.5. The zero-order valence-corrected chi connectivity index (χ0v) is 13.3. The number of rotatable bonds is 3. The maximum Gasteiger partial charge on any atom is 0.269 e. The number of nitrogens with zero attached hydrogens (tertiary/aromatic N) is 3. The molecule has 1 heterocycles. The lowest BCUT2D eigenvalue weighted by atomic mass is 9.80. The fourth-order valence-electron chi connectivity index (χ4n) is 3.84. The zero-order valence-electron chi connectivity index (χ0n) is 13.3. The molecule has 122 valence electrons. The monoisotopic (exact) mass is 321 g/mol. The Bertz CT molecular complexity index is 771. The van der Waals surface area contributed by atoms with Crippen molar-refractivity contribution < 1.29 is 4.92 Å². The third kappa shape index (κ3) is 2.56. The van der Waals surface area contributed by atoms with E-state index < -0.39 is 0 Å².